The monoisotopic (exact) mass is 258 g/mol. The van der Waals surface area contributed by atoms with Crippen LogP contribution in [-0.2, 0) is 0 Å². The maximum Gasteiger partial charge on any atom is 0.336 e. The highest BCUT2D eigenvalue weighted by Crippen LogP contribution is 2.29. The number of carbonyl (C=O) groups is 2. The van der Waals surface area contributed by atoms with E-state index in [0.29, 0.717) is 5.56 Å². The minimum Gasteiger partial charge on any atom is -0.508 e. The van der Waals surface area contributed by atoms with Crippen LogP contribution in [0.2, 0.25) is 0 Å². The maximum absolute atomic E-state index is 11.2. The molecule has 0 atom stereocenters. The zero-order chi connectivity index (χ0) is 14.0. The standard InChI is InChI=1S/C14H10O5/c15-8-5-6-10(12(7-8)14(18)19)9-3-1-2-4-11(9)13(16)17/h1-7,15H,(H,16,17)(H,18,19). The Bertz CT molecular complexity index is 661. The van der Waals surface area contributed by atoms with E-state index < -0.39 is 11.9 Å². The van der Waals surface area contributed by atoms with E-state index in [0.717, 1.165) is 6.07 Å². The van der Waals surface area contributed by atoms with Crippen LogP contribution >= 0.6 is 0 Å². The summed E-state index contributed by atoms with van der Waals surface area (Å²) >= 11 is 0. The SMILES string of the molecule is O=C(O)c1ccccc1-c1ccc(O)cc1C(=O)O. The Labute approximate surface area is 108 Å². The maximum atomic E-state index is 11.2. The number of rotatable bonds is 3. The number of phenolic OH excluding ortho intramolecular Hbond substituents is 1. The van der Waals surface area contributed by atoms with Crippen molar-refractivity contribution in [3.8, 4) is 16.9 Å². The Morgan fingerprint density at radius 1 is 0.789 bits per heavy atom. The number of carboxylic acid groups (broad SMARTS) is 2. The molecule has 5 nitrogen and oxygen atoms in total. The highest BCUT2D eigenvalue weighted by molar-refractivity contribution is 6.02. The lowest BCUT2D eigenvalue weighted by atomic mass is 9.95. The summed E-state index contributed by atoms with van der Waals surface area (Å²) < 4.78 is 0. The van der Waals surface area contributed by atoms with Crippen molar-refractivity contribution in [2.45, 2.75) is 0 Å². The summed E-state index contributed by atoms with van der Waals surface area (Å²) in [5.41, 5.74) is 0.417. The van der Waals surface area contributed by atoms with Crippen molar-refractivity contribution in [1.29, 1.82) is 0 Å². The van der Waals surface area contributed by atoms with Gasteiger partial charge >= 0.3 is 11.9 Å². The summed E-state index contributed by atoms with van der Waals surface area (Å²) in [6, 6.07) is 9.92. The topological polar surface area (TPSA) is 94.8 Å². The molecule has 0 radical (unpaired) electrons. The van der Waals surface area contributed by atoms with Crippen LogP contribution in [0.5, 0.6) is 5.75 Å². The summed E-state index contributed by atoms with van der Waals surface area (Å²) in [7, 11) is 0. The molecule has 0 aliphatic heterocycles. The van der Waals surface area contributed by atoms with Gasteiger partial charge in [0.05, 0.1) is 11.1 Å². The Morgan fingerprint density at radius 2 is 1.37 bits per heavy atom. The Balaban J connectivity index is 2.72. The first-order valence-corrected chi connectivity index (χ1v) is 5.39. The van der Waals surface area contributed by atoms with Gasteiger partial charge in [0, 0.05) is 0 Å². The Hall–Kier alpha value is -2.82. The summed E-state index contributed by atoms with van der Waals surface area (Å²) in [5.74, 6) is -2.56. The Morgan fingerprint density at radius 3 is 2.00 bits per heavy atom. The quantitative estimate of drug-likeness (QED) is 0.786. The molecule has 2 aromatic rings. The third kappa shape index (κ3) is 2.40. The molecule has 0 aliphatic rings. The number of phenols is 1. The van der Waals surface area contributed by atoms with Crippen molar-refractivity contribution >= 4 is 11.9 Å². The van der Waals surface area contributed by atoms with Crippen LogP contribution in [0.1, 0.15) is 20.7 Å². The van der Waals surface area contributed by atoms with Crippen molar-refractivity contribution in [3.05, 3.63) is 53.6 Å². The fourth-order valence-electron chi connectivity index (χ4n) is 1.85. The van der Waals surface area contributed by atoms with Gasteiger partial charge in [0.25, 0.3) is 0 Å². The highest BCUT2D eigenvalue weighted by atomic mass is 16.4. The van der Waals surface area contributed by atoms with Gasteiger partial charge in [0.1, 0.15) is 5.75 Å². The molecule has 2 aromatic carbocycles. The normalized spacial score (nSPS) is 10.1. The van der Waals surface area contributed by atoms with Gasteiger partial charge in [-0.1, -0.05) is 18.2 Å². The van der Waals surface area contributed by atoms with Gasteiger partial charge in [0.15, 0.2) is 0 Å². The molecule has 0 aliphatic carbocycles. The number of hydrogen-bond donors (Lipinski definition) is 3. The molecule has 0 unspecified atom stereocenters. The molecule has 96 valence electrons. The van der Waals surface area contributed by atoms with Crippen LogP contribution in [0.4, 0.5) is 0 Å². The average molecular weight is 258 g/mol. The molecule has 0 amide bonds. The second-order valence-electron chi connectivity index (χ2n) is 3.89. The van der Waals surface area contributed by atoms with Crippen molar-refractivity contribution < 1.29 is 24.9 Å². The second kappa shape index (κ2) is 4.81. The number of aromatic hydroxyl groups is 1. The predicted octanol–water partition coefficient (Wildman–Crippen LogP) is 2.46. The van der Waals surface area contributed by atoms with E-state index >= 15 is 0 Å². The third-order valence-corrected chi connectivity index (χ3v) is 2.68. The van der Waals surface area contributed by atoms with Crippen molar-refractivity contribution in [3.63, 3.8) is 0 Å². The minimum atomic E-state index is -1.23. The van der Waals surface area contributed by atoms with Gasteiger partial charge in [-0.15, -0.1) is 0 Å². The molecule has 0 fully saturated rings. The van der Waals surface area contributed by atoms with Gasteiger partial charge in [-0.25, -0.2) is 9.59 Å². The lowest BCUT2D eigenvalue weighted by molar-refractivity contribution is 0.0684. The first-order chi connectivity index (χ1) is 9.00. The molecule has 3 N–H and O–H groups in total. The number of aromatic carboxylic acids is 2. The largest absolute Gasteiger partial charge is 0.508 e. The summed E-state index contributed by atoms with van der Waals surface area (Å²) in [6.45, 7) is 0. The fraction of sp³-hybridized carbons (Fsp3) is 0. The lowest BCUT2D eigenvalue weighted by Crippen LogP contribution is -2.04. The van der Waals surface area contributed by atoms with Crippen LogP contribution in [0.3, 0.4) is 0 Å². The van der Waals surface area contributed by atoms with Gasteiger partial charge in [0.2, 0.25) is 0 Å². The van der Waals surface area contributed by atoms with Gasteiger partial charge in [-0.05, 0) is 35.4 Å². The van der Waals surface area contributed by atoms with E-state index in [4.69, 9.17) is 10.2 Å². The lowest BCUT2D eigenvalue weighted by Gasteiger charge is -2.09. The molecule has 5 heteroatoms. The number of hydrogen-bond acceptors (Lipinski definition) is 3. The first kappa shape index (κ1) is 12.6. The van der Waals surface area contributed by atoms with E-state index in [-0.39, 0.29) is 22.4 Å². The molecular formula is C14H10O5. The highest BCUT2D eigenvalue weighted by Gasteiger charge is 2.17. The Kier molecular flexibility index (Phi) is 3.20. The molecule has 0 aromatic heterocycles. The van der Waals surface area contributed by atoms with E-state index in [1.54, 1.807) is 12.1 Å². The van der Waals surface area contributed by atoms with Crippen LogP contribution < -0.4 is 0 Å². The first-order valence-electron chi connectivity index (χ1n) is 5.39. The van der Waals surface area contributed by atoms with Gasteiger partial charge < -0.3 is 15.3 Å². The minimum absolute atomic E-state index is 0.00990. The van der Waals surface area contributed by atoms with Crippen molar-refractivity contribution in [1.82, 2.24) is 0 Å². The molecule has 0 heterocycles. The van der Waals surface area contributed by atoms with Crippen LogP contribution in [-0.4, -0.2) is 27.3 Å². The molecule has 19 heavy (non-hydrogen) atoms. The molecule has 0 spiro atoms. The van der Waals surface area contributed by atoms with Crippen LogP contribution in [0.15, 0.2) is 42.5 Å². The number of carboxylic acids is 2. The fourth-order valence-corrected chi connectivity index (χ4v) is 1.85. The van der Waals surface area contributed by atoms with Gasteiger partial charge in [-0.2, -0.15) is 0 Å². The van der Waals surface area contributed by atoms with E-state index in [9.17, 15) is 14.7 Å². The van der Waals surface area contributed by atoms with Gasteiger partial charge in [-0.3, -0.25) is 0 Å². The zero-order valence-corrected chi connectivity index (χ0v) is 9.70. The summed E-state index contributed by atoms with van der Waals surface area (Å²) in [5, 5.41) is 27.6. The summed E-state index contributed by atoms with van der Waals surface area (Å²) in [6.07, 6.45) is 0. The van der Waals surface area contributed by atoms with E-state index in [1.165, 1.54) is 24.3 Å². The van der Waals surface area contributed by atoms with Crippen molar-refractivity contribution in [2.24, 2.45) is 0 Å². The second-order valence-corrected chi connectivity index (χ2v) is 3.89. The predicted molar refractivity (Wildman–Crippen MR) is 67.5 cm³/mol. The molecule has 0 bridgehead atoms. The van der Waals surface area contributed by atoms with Crippen LogP contribution in [0.25, 0.3) is 11.1 Å². The smallest absolute Gasteiger partial charge is 0.336 e. The van der Waals surface area contributed by atoms with Crippen LogP contribution in [0, 0.1) is 0 Å². The molecule has 2 rings (SSSR count). The van der Waals surface area contributed by atoms with Crippen molar-refractivity contribution in [2.75, 3.05) is 0 Å². The van der Waals surface area contributed by atoms with E-state index in [1.807, 2.05) is 0 Å². The zero-order valence-electron chi connectivity index (χ0n) is 9.70. The molecule has 0 saturated heterocycles. The molecular weight excluding hydrogens is 248 g/mol. The van der Waals surface area contributed by atoms with E-state index in [2.05, 4.69) is 0 Å². The molecule has 0 saturated carbocycles. The third-order valence-electron chi connectivity index (χ3n) is 2.68. The number of benzene rings is 2. The summed E-state index contributed by atoms with van der Waals surface area (Å²) in [4.78, 5) is 22.3. The average Bonchev–Trinajstić information content (AvgIpc) is 2.38.